The van der Waals surface area contributed by atoms with Gasteiger partial charge in [0.15, 0.2) is 0 Å². The molecular weight excluding hydrogens is 635 g/mol. The number of hydrazone groups is 1. The van der Waals surface area contributed by atoms with Crippen LogP contribution >= 0.6 is 34.2 Å². The number of aryl methyl sites for hydroxylation is 1. The van der Waals surface area contributed by atoms with Crippen molar-refractivity contribution in [2.24, 2.45) is 5.10 Å². The maximum Gasteiger partial charge on any atom is 0.273 e. The first-order valence-corrected chi connectivity index (χ1v) is 13.5. The molecule has 0 radical (unpaired) electrons. The molecule has 3 rings (SSSR count). The number of halogens is 2. The number of ether oxygens (including phenoxy) is 1. The summed E-state index contributed by atoms with van der Waals surface area (Å²) in [7, 11) is -3.15. The summed E-state index contributed by atoms with van der Waals surface area (Å²) in [6.07, 6.45) is 0. The van der Waals surface area contributed by atoms with E-state index in [1.807, 2.05) is 24.3 Å². The third-order valence-corrected chi connectivity index (χ3v) is 7.91. The van der Waals surface area contributed by atoms with Gasteiger partial charge in [-0.3, -0.25) is 19.2 Å². The number of nitrogens with one attached hydrogen (secondary N) is 1. The lowest BCUT2D eigenvalue weighted by molar-refractivity contribution is -0.385. The first-order valence-electron chi connectivity index (χ1n) is 10.6. The molecule has 37 heavy (non-hydrogen) atoms. The fraction of sp³-hybridized carbons (Fsp3) is 0.167. The Bertz CT molecular complexity index is 1500. The Morgan fingerprint density at radius 2 is 1.92 bits per heavy atom. The Balaban J connectivity index is 2.03. The SMILES string of the molecule is COc1ccc(Cl)cc1N(CC(=O)N/N=C(/C)c1cccc(I)c1)S(=O)(=O)c1ccc(C)c([N+](=O)[O-])c1. The lowest BCUT2D eigenvalue weighted by Crippen LogP contribution is -2.40. The summed E-state index contributed by atoms with van der Waals surface area (Å²) in [5.41, 5.74) is 3.55. The predicted molar refractivity (Wildman–Crippen MR) is 150 cm³/mol. The molecule has 0 heterocycles. The van der Waals surface area contributed by atoms with Crippen molar-refractivity contribution in [2.45, 2.75) is 18.7 Å². The van der Waals surface area contributed by atoms with Gasteiger partial charge >= 0.3 is 0 Å². The molecule has 0 aliphatic carbocycles. The van der Waals surface area contributed by atoms with Crippen LogP contribution in [0.4, 0.5) is 11.4 Å². The molecule has 0 aromatic heterocycles. The Morgan fingerprint density at radius 1 is 1.19 bits per heavy atom. The molecule has 0 saturated heterocycles. The van der Waals surface area contributed by atoms with Gasteiger partial charge in [0.1, 0.15) is 12.3 Å². The molecule has 13 heteroatoms. The summed E-state index contributed by atoms with van der Waals surface area (Å²) < 4.78 is 34.5. The molecule has 1 N–H and O–H groups in total. The van der Waals surface area contributed by atoms with Gasteiger partial charge in [0, 0.05) is 20.2 Å². The zero-order chi connectivity index (χ0) is 27.3. The molecule has 194 valence electrons. The lowest BCUT2D eigenvalue weighted by Gasteiger charge is -2.25. The van der Waals surface area contributed by atoms with Gasteiger partial charge in [-0.2, -0.15) is 5.10 Å². The van der Waals surface area contributed by atoms with Crippen LogP contribution in [0, 0.1) is 20.6 Å². The minimum absolute atomic E-state index is 0.0216. The number of benzene rings is 3. The monoisotopic (exact) mass is 656 g/mol. The highest BCUT2D eigenvalue weighted by Gasteiger charge is 2.31. The second kappa shape index (κ2) is 11.9. The average molecular weight is 657 g/mol. The number of amides is 1. The highest BCUT2D eigenvalue weighted by molar-refractivity contribution is 14.1. The second-order valence-electron chi connectivity index (χ2n) is 7.78. The Morgan fingerprint density at radius 3 is 2.57 bits per heavy atom. The van der Waals surface area contributed by atoms with Crippen molar-refractivity contribution in [2.75, 3.05) is 18.0 Å². The van der Waals surface area contributed by atoms with E-state index in [0.717, 1.165) is 19.5 Å². The van der Waals surface area contributed by atoms with Crippen LogP contribution in [0.1, 0.15) is 18.1 Å². The van der Waals surface area contributed by atoms with Gasteiger partial charge in [-0.05, 0) is 78.4 Å². The van der Waals surface area contributed by atoms with Gasteiger partial charge in [-0.25, -0.2) is 13.8 Å². The van der Waals surface area contributed by atoms with E-state index in [-0.39, 0.29) is 32.6 Å². The van der Waals surface area contributed by atoms with Gasteiger partial charge in [0.25, 0.3) is 21.6 Å². The van der Waals surface area contributed by atoms with E-state index in [1.54, 1.807) is 6.92 Å². The smallest absolute Gasteiger partial charge is 0.273 e. The summed E-state index contributed by atoms with van der Waals surface area (Å²) in [5, 5.41) is 15.7. The van der Waals surface area contributed by atoms with Crippen LogP contribution in [0.5, 0.6) is 5.75 Å². The van der Waals surface area contributed by atoms with Crippen LogP contribution in [0.15, 0.2) is 70.7 Å². The quantitative estimate of drug-likeness (QED) is 0.151. The molecule has 1 amide bonds. The maximum atomic E-state index is 13.7. The van der Waals surface area contributed by atoms with Gasteiger partial charge in [-0.1, -0.05) is 29.8 Å². The van der Waals surface area contributed by atoms with Crippen LogP contribution < -0.4 is 14.5 Å². The molecule has 0 unspecified atom stereocenters. The second-order valence-corrected chi connectivity index (χ2v) is 11.3. The first-order chi connectivity index (χ1) is 17.4. The molecule has 0 bridgehead atoms. The number of carbonyl (C=O) groups is 1. The molecule has 0 saturated carbocycles. The van der Waals surface area contributed by atoms with Crippen molar-refractivity contribution >= 4 is 67.2 Å². The van der Waals surface area contributed by atoms with Crippen molar-refractivity contribution in [3.63, 3.8) is 0 Å². The molecule has 0 aliphatic heterocycles. The number of rotatable bonds is 9. The minimum atomic E-state index is -4.49. The molecule has 0 aliphatic rings. The number of sulfonamides is 1. The molecule has 0 atom stereocenters. The summed E-state index contributed by atoms with van der Waals surface area (Å²) in [6.45, 7) is 2.49. The van der Waals surface area contributed by atoms with Gasteiger partial charge in [-0.15, -0.1) is 0 Å². The lowest BCUT2D eigenvalue weighted by atomic mass is 10.1. The fourth-order valence-corrected chi connectivity index (χ4v) is 5.47. The Hall–Kier alpha value is -3.23. The van der Waals surface area contributed by atoms with E-state index in [2.05, 4.69) is 33.1 Å². The number of carbonyl (C=O) groups excluding carboxylic acids is 1. The standard InChI is InChI=1S/C24H22ClIN4O6S/c1-15-7-9-20(13-21(15)30(32)33)37(34,35)29(22-12-18(25)8-10-23(22)36-3)14-24(31)28-27-16(2)17-5-4-6-19(26)11-17/h4-13H,14H2,1-3H3,(H,28,31)/b27-16-. The van der Waals surface area contributed by atoms with Crippen molar-refractivity contribution < 1.29 is 22.9 Å². The summed E-state index contributed by atoms with van der Waals surface area (Å²) in [5.74, 6) is -0.627. The zero-order valence-electron chi connectivity index (χ0n) is 19.9. The average Bonchev–Trinajstić information content (AvgIpc) is 2.85. The van der Waals surface area contributed by atoms with Crippen molar-refractivity contribution in [1.82, 2.24) is 5.43 Å². The van der Waals surface area contributed by atoms with Crippen LogP contribution in [-0.2, 0) is 14.8 Å². The molecule has 0 fully saturated rings. The van der Waals surface area contributed by atoms with Gasteiger partial charge in [0.05, 0.1) is 28.3 Å². The minimum Gasteiger partial charge on any atom is -0.495 e. The highest BCUT2D eigenvalue weighted by Crippen LogP contribution is 2.35. The number of hydrogen-bond acceptors (Lipinski definition) is 7. The van der Waals surface area contributed by atoms with E-state index in [1.165, 1.54) is 44.4 Å². The number of hydrogen-bond donors (Lipinski definition) is 1. The molecule has 3 aromatic rings. The topological polar surface area (TPSA) is 131 Å². The number of methoxy groups -OCH3 is 1. The van der Waals surface area contributed by atoms with Crippen LogP contribution in [0.25, 0.3) is 0 Å². The molecular formula is C24H22ClIN4O6S. The zero-order valence-corrected chi connectivity index (χ0v) is 23.7. The maximum absolute atomic E-state index is 13.7. The summed E-state index contributed by atoms with van der Waals surface area (Å²) in [4.78, 5) is 23.3. The number of nitro benzene ring substituents is 1. The van der Waals surface area contributed by atoms with Crippen molar-refractivity contribution in [3.05, 3.63) is 90.5 Å². The first kappa shape index (κ1) is 28.3. The van der Waals surface area contributed by atoms with Crippen LogP contribution in [-0.4, -0.2) is 38.6 Å². The highest BCUT2D eigenvalue weighted by atomic mass is 127. The number of nitro groups is 1. The largest absolute Gasteiger partial charge is 0.495 e. The van der Waals surface area contributed by atoms with Crippen molar-refractivity contribution in [3.8, 4) is 5.75 Å². The van der Waals surface area contributed by atoms with E-state index in [4.69, 9.17) is 16.3 Å². The van der Waals surface area contributed by atoms with Crippen LogP contribution in [0.3, 0.4) is 0 Å². The van der Waals surface area contributed by atoms with E-state index >= 15 is 0 Å². The summed E-state index contributed by atoms with van der Waals surface area (Å²) in [6, 6.07) is 15.3. The molecule has 3 aromatic carbocycles. The van der Waals surface area contributed by atoms with Gasteiger partial charge in [0.2, 0.25) is 0 Å². The number of anilines is 1. The number of nitrogens with zero attached hydrogens (tertiary/aromatic N) is 3. The predicted octanol–water partition coefficient (Wildman–Crippen LogP) is 4.91. The van der Waals surface area contributed by atoms with Gasteiger partial charge < -0.3 is 4.74 Å². The summed E-state index contributed by atoms with van der Waals surface area (Å²) >= 11 is 8.29. The third-order valence-electron chi connectivity index (χ3n) is 5.25. The normalized spacial score (nSPS) is 11.6. The third kappa shape index (κ3) is 6.76. The molecule has 10 nitrogen and oxygen atoms in total. The van der Waals surface area contributed by atoms with E-state index in [9.17, 15) is 23.3 Å². The van der Waals surface area contributed by atoms with E-state index in [0.29, 0.717) is 5.71 Å². The Kier molecular flexibility index (Phi) is 9.10. The van der Waals surface area contributed by atoms with E-state index < -0.39 is 27.4 Å². The fourth-order valence-electron chi connectivity index (χ4n) is 3.32. The van der Waals surface area contributed by atoms with Crippen LogP contribution in [0.2, 0.25) is 5.02 Å². The van der Waals surface area contributed by atoms with Crippen molar-refractivity contribution in [1.29, 1.82) is 0 Å². The molecule has 0 spiro atoms. The Labute approximate surface area is 232 Å².